The van der Waals surface area contributed by atoms with Gasteiger partial charge in [-0.3, -0.25) is 0 Å². The average molecular weight is 288 g/mol. The Balaban J connectivity index is 2.53. The second-order valence-electron chi connectivity index (χ2n) is 3.71. The van der Waals surface area contributed by atoms with E-state index in [0.29, 0.717) is 5.02 Å². The van der Waals surface area contributed by atoms with E-state index in [9.17, 15) is 0 Å². The summed E-state index contributed by atoms with van der Waals surface area (Å²) in [6.45, 7) is 0. The molecule has 0 amide bonds. The van der Waals surface area contributed by atoms with Gasteiger partial charge in [-0.05, 0) is 52.9 Å². The van der Waals surface area contributed by atoms with E-state index < -0.39 is 0 Å². The zero-order valence-corrected chi connectivity index (χ0v) is 10.5. The van der Waals surface area contributed by atoms with E-state index in [0.717, 1.165) is 46.3 Å². The van der Waals surface area contributed by atoms with E-state index in [4.69, 9.17) is 23.1 Å². The number of rotatable bonds is 1. The highest BCUT2D eigenvalue weighted by atomic mass is 79.9. The van der Waals surface area contributed by atoms with Crippen LogP contribution in [0.1, 0.15) is 24.8 Å². The van der Waals surface area contributed by atoms with Gasteiger partial charge in [0.15, 0.2) is 0 Å². The van der Waals surface area contributed by atoms with Crippen LogP contribution in [0.25, 0.3) is 5.57 Å². The van der Waals surface area contributed by atoms with Crippen molar-refractivity contribution in [2.24, 2.45) is 5.73 Å². The molecule has 0 fully saturated rings. The summed E-state index contributed by atoms with van der Waals surface area (Å²) in [7, 11) is 0. The van der Waals surface area contributed by atoms with Crippen LogP contribution in [0.5, 0.6) is 0 Å². The van der Waals surface area contributed by atoms with Gasteiger partial charge >= 0.3 is 0 Å². The van der Waals surface area contributed by atoms with Crippen molar-refractivity contribution in [3.63, 3.8) is 0 Å². The van der Waals surface area contributed by atoms with Gasteiger partial charge in [0.25, 0.3) is 0 Å². The number of anilines is 1. The van der Waals surface area contributed by atoms with Crippen LogP contribution in [0.3, 0.4) is 0 Å². The van der Waals surface area contributed by atoms with Crippen LogP contribution in [0.15, 0.2) is 22.3 Å². The molecule has 0 heterocycles. The summed E-state index contributed by atoms with van der Waals surface area (Å²) in [5, 5.41) is 0.673. The highest BCUT2D eigenvalue weighted by molar-refractivity contribution is 9.10. The Kier molecular flexibility index (Phi) is 2.94. The Morgan fingerprint density at radius 2 is 1.93 bits per heavy atom. The summed E-state index contributed by atoms with van der Waals surface area (Å²) >= 11 is 9.39. The van der Waals surface area contributed by atoms with E-state index >= 15 is 0 Å². The Morgan fingerprint density at radius 3 is 2.53 bits per heavy atom. The minimum absolute atomic E-state index is 0.673. The van der Waals surface area contributed by atoms with Crippen LogP contribution < -0.4 is 11.5 Å². The maximum Gasteiger partial charge on any atom is 0.0555 e. The SMILES string of the molecule is NC1=C(c2cc(Cl)c(Br)cc2N)CCC1. The number of hydrogen-bond donors (Lipinski definition) is 2. The van der Waals surface area contributed by atoms with Gasteiger partial charge in [0.05, 0.1) is 5.02 Å². The van der Waals surface area contributed by atoms with Crippen molar-refractivity contribution < 1.29 is 0 Å². The second-order valence-corrected chi connectivity index (χ2v) is 4.97. The van der Waals surface area contributed by atoms with Gasteiger partial charge in [-0.15, -0.1) is 0 Å². The molecule has 0 saturated heterocycles. The molecule has 0 spiro atoms. The number of allylic oxidation sites excluding steroid dienone is 2. The zero-order valence-electron chi connectivity index (χ0n) is 8.19. The van der Waals surface area contributed by atoms with Gasteiger partial charge in [-0.25, -0.2) is 0 Å². The first-order valence-electron chi connectivity index (χ1n) is 4.82. The molecule has 80 valence electrons. The fourth-order valence-electron chi connectivity index (χ4n) is 1.90. The van der Waals surface area contributed by atoms with Crippen LogP contribution in [0, 0.1) is 0 Å². The van der Waals surface area contributed by atoms with Crippen molar-refractivity contribution >= 4 is 38.8 Å². The van der Waals surface area contributed by atoms with Crippen LogP contribution in [0.4, 0.5) is 5.69 Å². The molecule has 0 saturated carbocycles. The summed E-state index contributed by atoms with van der Waals surface area (Å²) in [6.07, 6.45) is 3.06. The molecule has 1 aromatic carbocycles. The predicted octanol–water partition coefficient (Wildman–Crippen LogP) is 3.54. The molecule has 4 heteroatoms. The number of nitrogens with two attached hydrogens (primary N) is 2. The molecule has 0 bridgehead atoms. The van der Waals surface area contributed by atoms with Crippen LogP contribution in [-0.2, 0) is 0 Å². The summed E-state index contributed by atoms with van der Waals surface area (Å²) in [6, 6.07) is 3.71. The van der Waals surface area contributed by atoms with Gasteiger partial charge in [0.2, 0.25) is 0 Å². The molecule has 1 aliphatic rings. The quantitative estimate of drug-likeness (QED) is 0.776. The summed E-state index contributed by atoms with van der Waals surface area (Å²) in [5.41, 5.74) is 15.7. The first-order chi connectivity index (χ1) is 7.09. The Labute approximate surface area is 102 Å². The van der Waals surface area contributed by atoms with Crippen molar-refractivity contribution in [2.75, 3.05) is 5.73 Å². The molecule has 1 aliphatic carbocycles. The molecule has 0 unspecified atom stereocenters. The minimum atomic E-state index is 0.673. The molecular weight excluding hydrogens is 275 g/mol. The topological polar surface area (TPSA) is 52.0 Å². The molecule has 0 radical (unpaired) electrons. The average Bonchev–Trinajstić information content (AvgIpc) is 2.58. The van der Waals surface area contributed by atoms with E-state index in [1.165, 1.54) is 0 Å². The highest BCUT2D eigenvalue weighted by Crippen LogP contribution is 2.37. The lowest BCUT2D eigenvalue weighted by molar-refractivity contribution is 0.903. The lowest BCUT2D eigenvalue weighted by atomic mass is 10.0. The monoisotopic (exact) mass is 286 g/mol. The number of hydrogen-bond acceptors (Lipinski definition) is 2. The molecule has 1 aromatic rings. The molecule has 2 rings (SSSR count). The number of benzene rings is 1. The highest BCUT2D eigenvalue weighted by Gasteiger charge is 2.16. The van der Waals surface area contributed by atoms with E-state index in [-0.39, 0.29) is 0 Å². The minimum Gasteiger partial charge on any atom is -0.402 e. The smallest absolute Gasteiger partial charge is 0.0555 e. The third-order valence-electron chi connectivity index (χ3n) is 2.68. The van der Waals surface area contributed by atoms with E-state index in [2.05, 4.69) is 15.9 Å². The van der Waals surface area contributed by atoms with Crippen molar-refractivity contribution in [1.82, 2.24) is 0 Å². The molecule has 0 aliphatic heterocycles. The molecule has 0 aromatic heterocycles. The molecular formula is C11H12BrClN2. The van der Waals surface area contributed by atoms with Gasteiger partial charge in [-0.2, -0.15) is 0 Å². The fourth-order valence-corrected chi connectivity index (χ4v) is 2.42. The third-order valence-corrected chi connectivity index (χ3v) is 3.88. The van der Waals surface area contributed by atoms with Gasteiger partial charge in [0.1, 0.15) is 0 Å². The second kappa shape index (κ2) is 4.06. The first-order valence-corrected chi connectivity index (χ1v) is 5.99. The summed E-state index contributed by atoms with van der Waals surface area (Å²) in [5.74, 6) is 0. The lowest BCUT2D eigenvalue weighted by Crippen LogP contribution is -1.99. The summed E-state index contributed by atoms with van der Waals surface area (Å²) < 4.78 is 0.822. The first kappa shape index (κ1) is 10.8. The number of nitrogen functional groups attached to an aromatic ring is 1. The summed E-state index contributed by atoms with van der Waals surface area (Å²) in [4.78, 5) is 0. The maximum absolute atomic E-state index is 6.05. The van der Waals surface area contributed by atoms with Gasteiger partial charge in [-0.1, -0.05) is 11.6 Å². The lowest BCUT2D eigenvalue weighted by Gasteiger charge is -2.09. The van der Waals surface area contributed by atoms with Crippen molar-refractivity contribution in [3.05, 3.63) is 32.9 Å². The standard InChI is InChI=1S/C11H12BrClN2/c12-8-5-11(15)7(4-9(8)13)6-2-1-3-10(6)14/h4-5H,1-3,14-15H2. The largest absolute Gasteiger partial charge is 0.402 e. The van der Waals surface area contributed by atoms with Crippen molar-refractivity contribution in [2.45, 2.75) is 19.3 Å². The van der Waals surface area contributed by atoms with E-state index in [1.807, 2.05) is 12.1 Å². The van der Waals surface area contributed by atoms with Crippen molar-refractivity contribution in [1.29, 1.82) is 0 Å². The Hall–Kier alpha value is -0.670. The maximum atomic E-state index is 6.05. The predicted molar refractivity (Wildman–Crippen MR) is 68.5 cm³/mol. The van der Waals surface area contributed by atoms with Crippen LogP contribution in [0.2, 0.25) is 5.02 Å². The Bertz CT molecular complexity index is 440. The molecule has 4 N–H and O–H groups in total. The number of halogens is 2. The fraction of sp³-hybridized carbons (Fsp3) is 0.273. The normalized spacial score (nSPS) is 16.1. The van der Waals surface area contributed by atoms with Gasteiger partial charge in [0, 0.05) is 21.4 Å². The van der Waals surface area contributed by atoms with Crippen molar-refractivity contribution in [3.8, 4) is 0 Å². The Morgan fingerprint density at radius 1 is 1.20 bits per heavy atom. The third kappa shape index (κ3) is 1.99. The zero-order chi connectivity index (χ0) is 11.0. The molecule has 0 atom stereocenters. The van der Waals surface area contributed by atoms with E-state index in [1.54, 1.807) is 0 Å². The van der Waals surface area contributed by atoms with Crippen LogP contribution in [-0.4, -0.2) is 0 Å². The molecule has 15 heavy (non-hydrogen) atoms. The van der Waals surface area contributed by atoms with Crippen LogP contribution >= 0.6 is 27.5 Å². The van der Waals surface area contributed by atoms with Gasteiger partial charge < -0.3 is 11.5 Å². The molecule has 2 nitrogen and oxygen atoms in total.